The van der Waals surface area contributed by atoms with Gasteiger partial charge < -0.3 is 15.4 Å². The molecule has 0 aliphatic heterocycles. The highest BCUT2D eigenvalue weighted by Gasteiger charge is 2.02. The first-order valence-corrected chi connectivity index (χ1v) is 6.45. The van der Waals surface area contributed by atoms with E-state index in [2.05, 4.69) is 10.6 Å². The van der Waals surface area contributed by atoms with Crippen LogP contribution in [0.4, 0.5) is 4.79 Å². The molecule has 1 aromatic carbocycles. The molecule has 0 aromatic heterocycles. The molecule has 0 bridgehead atoms. The normalized spacial score (nSPS) is 9.94. The molecule has 2 amide bonds. The zero-order valence-corrected chi connectivity index (χ0v) is 11.5. The molecule has 0 aliphatic carbocycles. The van der Waals surface area contributed by atoms with Crippen molar-refractivity contribution in [2.24, 2.45) is 0 Å². The van der Waals surface area contributed by atoms with Gasteiger partial charge in [-0.25, -0.2) is 4.79 Å². The van der Waals surface area contributed by atoms with Gasteiger partial charge in [-0.3, -0.25) is 0 Å². The number of alkyl halides is 1. The molecular formula is C13H19ClN2O2. The first-order chi connectivity index (χ1) is 8.65. The molecular weight excluding hydrogens is 252 g/mol. The van der Waals surface area contributed by atoms with Gasteiger partial charge in [-0.15, -0.1) is 11.6 Å². The van der Waals surface area contributed by atoms with E-state index in [0.717, 1.165) is 17.7 Å². The fraction of sp³-hybridized carbons (Fsp3) is 0.462. The highest BCUT2D eigenvalue weighted by atomic mass is 35.5. The molecule has 100 valence electrons. The first kappa shape index (κ1) is 14.6. The van der Waals surface area contributed by atoms with Crippen LogP contribution >= 0.6 is 11.6 Å². The Labute approximate surface area is 113 Å². The molecule has 2 N–H and O–H groups in total. The number of carbonyl (C=O) groups is 1. The van der Waals surface area contributed by atoms with Crippen LogP contribution in [0, 0.1) is 13.8 Å². The van der Waals surface area contributed by atoms with E-state index in [9.17, 15) is 4.79 Å². The van der Waals surface area contributed by atoms with Crippen LogP contribution < -0.4 is 15.4 Å². The van der Waals surface area contributed by atoms with Crippen LogP contribution in [0.5, 0.6) is 5.75 Å². The summed E-state index contributed by atoms with van der Waals surface area (Å²) in [6.07, 6.45) is 0.757. The van der Waals surface area contributed by atoms with Crippen molar-refractivity contribution in [1.29, 1.82) is 0 Å². The molecule has 0 atom stereocenters. The lowest BCUT2D eigenvalue weighted by atomic mass is 10.1. The van der Waals surface area contributed by atoms with E-state index >= 15 is 0 Å². The van der Waals surface area contributed by atoms with E-state index in [4.69, 9.17) is 16.3 Å². The van der Waals surface area contributed by atoms with E-state index in [1.165, 1.54) is 5.56 Å². The van der Waals surface area contributed by atoms with Gasteiger partial charge in [-0.1, -0.05) is 12.1 Å². The lowest BCUT2D eigenvalue weighted by Crippen LogP contribution is -2.38. The van der Waals surface area contributed by atoms with Gasteiger partial charge in [0.25, 0.3) is 0 Å². The van der Waals surface area contributed by atoms with Gasteiger partial charge in [-0.2, -0.15) is 0 Å². The van der Waals surface area contributed by atoms with Crippen LogP contribution in [0.15, 0.2) is 18.2 Å². The van der Waals surface area contributed by atoms with Gasteiger partial charge in [0, 0.05) is 12.4 Å². The predicted octanol–water partition coefficient (Wildman–Crippen LogP) is 2.57. The summed E-state index contributed by atoms with van der Waals surface area (Å²) in [5.41, 5.74) is 2.25. The van der Waals surface area contributed by atoms with Gasteiger partial charge in [0.1, 0.15) is 5.75 Å². The van der Waals surface area contributed by atoms with E-state index in [-0.39, 0.29) is 12.8 Å². The lowest BCUT2D eigenvalue weighted by Gasteiger charge is -2.12. The number of hydrogen-bond donors (Lipinski definition) is 2. The van der Waals surface area contributed by atoms with E-state index in [1.54, 1.807) is 0 Å². The molecule has 0 aliphatic rings. The summed E-state index contributed by atoms with van der Waals surface area (Å²) >= 11 is 5.51. The van der Waals surface area contributed by atoms with Gasteiger partial charge in [0.05, 0.1) is 0 Å². The second-order valence-electron chi connectivity index (χ2n) is 3.96. The number of urea groups is 1. The number of nitrogens with one attached hydrogen (secondary N) is 2. The number of amides is 2. The van der Waals surface area contributed by atoms with E-state index in [0.29, 0.717) is 12.4 Å². The summed E-state index contributed by atoms with van der Waals surface area (Å²) in [7, 11) is 0. The summed E-state index contributed by atoms with van der Waals surface area (Å²) in [6.45, 7) is 4.73. The lowest BCUT2D eigenvalue weighted by molar-refractivity contribution is 0.223. The molecule has 1 rings (SSSR count). The average Bonchev–Trinajstić information content (AvgIpc) is 2.35. The van der Waals surface area contributed by atoms with Crippen LogP contribution in [0.3, 0.4) is 0 Å². The molecule has 1 aromatic rings. The number of carbonyl (C=O) groups excluding carboxylic acids is 1. The smallest absolute Gasteiger partial charge is 0.317 e. The Bertz CT molecular complexity index is 397. The summed E-state index contributed by atoms with van der Waals surface area (Å²) in [4.78, 5) is 11.3. The number of halogens is 1. The Balaban J connectivity index is 2.29. The van der Waals surface area contributed by atoms with Crippen LogP contribution in [0.2, 0.25) is 0 Å². The maximum absolute atomic E-state index is 11.3. The van der Waals surface area contributed by atoms with Crippen molar-refractivity contribution in [3.05, 3.63) is 29.3 Å². The Morgan fingerprint density at radius 1 is 1.33 bits per heavy atom. The molecule has 5 heteroatoms. The monoisotopic (exact) mass is 270 g/mol. The maximum atomic E-state index is 11.3. The van der Waals surface area contributed by atoms with Crippen molar-refractivity contribution in [2.75, 3.05) is 19.2 Å². The van der Waals surface area contributed by atoms with Gasteiger partial charge in [0.2, 0.25) is 0 Å². The quantitative estimate of drug-likeness (QED) is 0.474. The Morgan fingerprint density at radius 2 is 2.11 bits per heavy atom. The summed E-state index contributed by atoms with van der Waals surface area (Å²) < 4.78 is 5.50. The Kier molecular flexibility index (Phi) is 6.36. The van der Waals surface area contributed by atoms with Gasteiger partial charge in [0.15, 0.2) is 6.73 Å². The minimum atomic E-state index is -0.245. The molecule has 0 fully saturated rings. The van der Waals surface area contributed by atoms with Crippen LogP contribution in [-0.2, 0) is 0 Å². The number of rotatable bonds is 6. The fourth-order valence-corrected chi connectivity index (χ4v) is 1.52. The van der Waals surface area contributed by atoms with Crippen LogP contribution in [0.25, 0.3) is 0 Å². The van der Waals surface area contributed by atoms with Crippen molar-refractivity contribution >= 4 is 17.6 Å². The molecule has 18 heavy (non-hydrogen) atoms. The number of hydrogen-bond acceptors (Lipinski definition) is 2. The third-order valence-electron chi connectivity index (χ3n) is 2.61. The van der Waals surface area contributed by atoms with Gasteiger partial charge >= 0.3 is 6.03 Å². The van der Waals surface area contributed by atoms with Crippen molar-refractivity contribution in [3.8, 4) is 5.75 Å². The summed E-state index contributed by atoms with van der Waals surface area (Å²) in [5, 5.41) is 5.30. The standard InChI is InChI=1S/C13H19ClN2O2/c1-10-5-3-6-12(11(10)2)18-9-16-13(17)15-8-4-7-14/h3,5-6H,4,7-9H2,1-2H3,(H2,15,16,17). The first-order valence-electron chi connectivity index (χ1n) is 5.92. The average molecular weight is 271 g/mol. The summed E-state index contributed by atoms with van der Waals surface area (Å²) in [6, 6.07) is 5.59. The number of aryl methyl sites for hydroxylation is 1. The third kappa shape index (κ3) is 4.84. The highest BCUT2D eigenvalue weighted by molar-refractivity contribution is 6.17. The molecule has 0 spiro atoms. The molecule has 0 saturated carbocycles. The molecule has 4 nitrogen and oxygen atoms in total. The van der Waals surface area contributed by atoms with E-state index in [1.807, 2.05) is 32.0 Å². The van der Waals surface area contributed by atoms with E-state index < -0.39 is 0 Å². The van der Waals surface area contributed by atoms with Crippen molar-refractivity contribution in [1.82, 2.24) is 10.6 Å². The summed E-state index contributed by atoms with van der Waals surface area (Å²) in [5.74, 6) is 1.33. The SMILES string of the molecule is Cc1cccc(OCNC(=O)NCCCCl)c1C. The largest absolute Gasteiger partial charge is 0.473 e. The third-order valence-corrected chi connectivity index (χ3v) is 2.88. The molecule has 0 radical (unpaired) electrons. The van der Waals surface area contributed by atoms with Crippen LogP contribution in [0.1, 0.15) is 17.5 Å². The minimum Gasteiger partial charge on any atom is -0.473 e. The maximum Gasteiger partial charge on any atom is 0.317 e. The Morgan fingerprint density at radius 3 is 2.83 bits per heavy atom. The molecule has 0 unspecified atom stereocenters. The van der Waals surface area contributed by atoms with Crippen molar-refractivity contribution < 1.29 is 9.53 Å². The zero-order valence-electron chi connectivity index (χ0n) is 10.8. The Hall–Kier alpha value is -1.42. The fourth-order valence-electron chi connectivity index (χ4n) is 1.39. The van der Waals surface area contributed by atoms with Crippen molar-refractivity contribution in [3.63, 3.8) is 0 Å². The molecule has 0 heterocycles. The predicted molar refractivity (Wildman–Crippen MR) is 73.3 cm³/mol. The van der Waals surface area contributed by atoms with Crippen molar-refractivity contribution in [2.45, 2.75) is 20.3 Å². The minimum absolute atomic E-state index is 0.150. The second kappa shape index (κ2) is 7.82. The molecule has 0 saturated heterocycles. The highest BCUT2D eigenvalue weighted by Crippen LogP contribution is 2.19. The topological polar surface area (TPSA) is 50.4 Å². The second-order valence-corrected chi connectivity index (χ2v) is 4.34. The number of benzene rings is 1. The number of ether oxygens (including phenoxy) is 1. The van der Waals surface area contributed by atoms with Gasteiger partial charge in [-0.05, 0) is 37.5 Å². The zero-order chi connectivity index (χ0) is 13.4. The van der Waals surface area contributed by atoms with Crippen LogP contribution in [-0.4, -0.2) is 25.2 Å².